The average Bonchev–Trinajstić information content (AvgIpc) is 2.48. The van der Waals surface area contributed by atoms with Crippen LogP contribution in [-0.2, 0) is 4.79 Å². The van der Waals surface area contributed by atoms with Crippen molar-refractivity contribution in [3.8, 4) is 5.75 Å². The maximum absolute atomic E-state index is 12.7. The van der Waals surface area contributed by atoms with Crippen molar-refractivity contribution in [2.24, 2.45) is 0 Å². The maximum atomic E-state index is 12.7. The Labute approximate surface area is 123 Å². The molecule has 1 amide bonds. The third kappa shape index (κ3) is 4.91. The first-order valence-electron chi connectivity index (χ1n) is 6.89. The van der Waals surface area contributed by atoms with Gasteiger partial charge in [0.1, 0.15) is 11.6 Å². The van der Waals surface area contributed by atoms with E-state index in [1.54, 1.807) is 0 Å². The molecular formula is C17H18FNO2. The summed E-state index contributed by atoms with van der Waals surface area (Å²) in [7, 11) is 0. The molecule has 0 aromatic heterocycles. The van der Waals surface area contributed by atoms with E-state index in [-0.39, 0.29) is 11.7 Å². The van der Waals surface area contributed by atoms with Gasteiger partial charge in [0.25, 0.3) is 0 Å². The van der Waals surface area contributed by atoms with E-state index in [4.69, 9.17) is 4.74 Å². The standard InChI is InChI=1S/C17H18FNO2/c1-13-5-2-3-6-16(13)21-12-4-7-17(20)19-15-10-8-14(18)9-11-15/h2-3,5-6,8-11H,4,7,12H2,1H3,(H,19,20). The molecule has 0 radical (unpaired) electrons. The number of rotatable bonds is 6. The van der Waals surface area contributed by atoms with E-state index < -0.39 is 0 Å². The van der Waals surface area contributed by atoms with Gasteiger partial charge in [0.15, 0.2) is 0 Å². The normalized spacial score (nSPS) is 10.2. The summed E-state index contributed by atoms with van der Waals surface area (Å²) < 4.78 is 18.4. The van der Waals surface area contributed by atoms with E-state index in [1.165, 1.54) is 24.3 Å². The lowest BCUT2D eigenvalue weighted by Crippen LogP contribution is -2.12. The zero-order valence-corrected chi connectivity index (χ0v) is 11.9. The van der Waals surface area contributed by atoms with Crippen molar-refractivity contribution in [3.63, 3.8) is 0 Å². The number of carbonyl (C=O) groups excluding carboxylic acids is 1. The van der Waals surface area contributed by atoms with Crippen molar-refractivity contribution in [1.29, 1.82) is 0 Å². The number of hydrogen-bond acceptors (Lipinski definition) is 2. The van der Waals surface area contributed by atoms with Gasteiger partial charge in [-0.05, 0) is 49.2 Å². The van der Waals surface area contributed by atoms with Crippen LogP contribution in [0.15, 0.2) is 48.5 Å². The summed E-state index contributed by atoms with van der Waals surface area (Å²) in [5, 5.41) is 2.72. The van der Waals surface area contributed by atoms with Gasteiger partial charge >= 0.3 is 0 Å². The number of nitrogens with one attached hydrogen (secondary N) is 1. The number of halogens is 1. The second-order valence-electron chi connectivity index (χ2n) is 4.77. The van der Waals surface area contributed by atoms with Crippen LogP contribution in [0.4, 0.5) is 10.1 Å². The third-order valence-electron chi connectivity index (χ3n) is 3.03. The predicted octanol–water partition coefficient (Wildman–Crippen LogP) is 3.93. The molecule has 0 unspecified atom stereocenters. The van der Waals surface area contributed by atoms with Crippen LogP contribution in [-0.4, -0.2) is 12.5 Å². The molecule has 4 heteroatoms. The van der Waals surface area contributed by atoms with Crippen LogP contribution >= 0.6 is 0 Å². The first-order valence-corrected chi connectivity index (χ1v) is 6.89. The molecule has 3 nitrogen and oxygen atoms in total. The summed E-state index contributed by atoms with van der Waals surface area (Å²) in [4.78, 5) is 11.7. The zero-order valence-electron chi connectivity index (χ0n) is 11.9. The number of carbonyl (C=O) groups is 1. The van der Waals surface area contributed by atoms with Gasteiger partial charge < -0.3 is 10.1 Å². The second kappa shape index (κ2) is 7.43. The van der Waals surface area contributed by atoms with Gasteiger partial charge in [0.2, 0.25) is 5.91 Å². The molecule has 2 aromatic rings. The first kappa shape index (κ1) is 15.0. The third-order valence-corrected chi connectivity index (χ3v) is 3.03. The lowest BCUT2D eigenvalue weighted by molar-refractivity contribution is -0.116. The minimum Gasteiger partial charge on any atom is -0.493 e. The summed E-state index contributed by atoms with van der Waals surface area (Å²) in [6.45, 7) is 2.47. The Kier molecular flexibility index (Phi) is 5.32. The van der Waals surface area contributed by atoms with Crippen molar-refractivity contribution >= 4 is 11.6 Å². The molecular weight excluding hydrogens is 269 g/mol. The lowest BCUT2D eigenvalue weighted by Gasteiger charge is -2.09. The van der Waals surface area contributed by atoms with Gasteiger partial charge in [-0.25, -0.2) is 4.39 Å². The van der Waals surface area contributed by atoms with Crippen LogP contribution in [0.3, 0.4) is 0 Å². The summed E-state index contributed by atoms with van der Waals surface area (Å²) >= 11 is 0. The Morgan fingerprint density at radius 2 is 1.86 bits per heavy atom. The van der Waals surface area contributed by atoms with E-state index in [1.807, 2.05) is 31.2 Å². The predicted molar refractivity (Wildman–Crippen MR) is 80.9 cm³/mol. The summed E-state index contributed by atoms with van der Waals surface area (Å²) in [5.41, 5.74) is 1.68. The van der Waals surface area contributed by atoms with Crippen LogP contribution in [0.5, 0.6) is 5.75 Å². The van der Waals surface area contributed by atoms with Crippen molar-refractivity contribution < 1.29 is 13.9 Å². The Hall–Kier alpha value is -2.36. The van der Waals surface area contributed by atoms with E-state index in [9.17, 15) is 9.18 Å². The van der Waals surface area contributed by atoms with Crippen LogP contribution in [0, 0.1) is 12.7 Å². The van der Waals surface area contributed by atoms with Gasteiger partial charge in [-0.3, -0.25) is 4.79 Å². The fraction of sp³-hybridized carbons (Fsp3) is 0.235. The second-order valence-corrected chi connectivity index (χ2v) is 4.77. The number of aryl methyl sites for hydroxylation is 1. The Morgan fingerprint density at radius 3 is 2.57 bits per heavy atom. The highest BCUT2D eigenvalue weighted by atomic mass is 19.1. The number of hydrogen-bond donors (Lipinski definition) is 1. The fourth-order valence-corrected chi connectivity index (χ4v) is 1.89. The van der Waals surface area contributed by atoms with Crippen LogP contribution in [0.1, 0.15) is 18.4 Å². The minimum atomic E-state index is -0.320. The quantitative estimate of drug-likeness (QED) is 0.817. The largest absolute Gasteiger partial charge is 0.493 e. The molecule has 0 aliphatic heterocycles. The van der Waals surface area contributed by atoms with Crippen LogP contribution in [0.2, 0.25) is 0 Å². The van der Waals surface area contributed by atoms with Gasteiger partial charge in [0, 0.05) is 12.1 Å². The van der Waals surface area contributed by atoms with Crippen molar-refractivity contribution in [1.82, 2.24) is 0 Å². The summed E-state index contributed by atoms with van der Waals surface area (Å²) in [5.74, 6) is 0.422. The molecule has 0 aliphatic carbocycles. The van der Waals surface area contributed by atoms with Crippen molar-refractivity contribution in [2.45, 2.75) is 19.8 Å². The zero-order chi connectivity index (χ0) is 15.1. The highest BCUT2D eigenvalue weighted by Crippen LogP contribution is 2.16. The highest BCUT2D eigenvalue weighted by Gasteiger charge is 2.03. The molecule has 0 saturated carbocycles. The van der Waals surface area contributed by atoms with Gasteiger partial charge in [0.05, 0.1) is 6.61 Å². The molecule has 0 atom stereocenters. The smallest absolute Gasteiger partial charge is 0.224 e. The van der Waals surface area contributed by atoms with Crippen LogP contribution in [0.25, 0.3) is 0 Å². The van der Waals surface area contributed by atoms with Crippen LogP contribution < -0.4 is 10.1 Å². The molecule has 0 saturated heterocycles. The molecule has 0 fully saturated rings. The molecule has 1 N–H and O–H groups in total. The molecule has 2 rings (SSSR count). The summed E-state index contributed by atoms with van der Waals surface area (Å²) in [6, 6.07) is 13.5. The first-order chi connectivity index (χ1) is 10.1. The Morgan fingerprint density at radius 1 is 1.14 bits per heavy atom. The maximum Gasteiger partial charge on any atom is 0.224 e. The van der Waals surface area contributed by atoms with E-state index in [0.717, 1.165) is 11.3 Å². The molecule has 0 heterocycles. The SMILES string of the molecule is Cc1ccccc1OCCCC(=O)Nc1ccc(F)cc1. The summed E-state index contributed by atoms with van der Waals surface area (Å²) in [6.07, 6.45) is 0.991. The number of amides is 1. The minimum absolute atomic E-state index is 0.102. The molecule has 0 bridgehead atoms. The van der Waals surface area contributed by atoms with E-state index in [0.29, 0.717) is 25.1 Å². The van der Waals surface area contributed by atoms with Crippen molar-refractivity contribution in [2.75, 3.05) is 11.9 Å². The molecule has 110 valence electrons. The Balaban J connectivity index is 1.70. The van der Waals surface area contributed by atoms with E-state index in [2.05, 4.69) is 5.32 Å². The molecule has 0 spiro atoms. The monoisotopic (exact) mass is 287 g/mol. The lowest BCUT2D eigenvalue weighted by atomic mass is 10.2. The topological polar surface area (TPSA) is 38.3 Å². The average molecular weight is 287 g/mol. The number of para-hydroxylation sites is 1. The van der Waals surface area contributed by atoms with Gasteiger partial charge in [-0.1, -0.05) is 18.2 Å². The Bertz CT molecular complexity index is 596. The number of benzene rings is 2. The highest BCUT2D eigenvalue weighted by molar-refractivity contribution is 5.90. The van der Waals surface area contributed by atoms with Crippen molar-refractivity contribution in [3.05, 3.63) is 59.9 Å². The molecule has 21 heavy (non-hydrogen) atoms. The van der Waals surface area contributed by atoms with Gasteiger partial charge in [-0.2, -0.15) is 0 Å². The number of anilines is 1. The molecule has 0 aliphatic rings. The van der Waals surface area contributed by atoms with Gasteiger partial charge in [-0.15, -0.1) is 0 Å². The van der Waals surface area contributed by atoms with E-state index >= 15 is 0 Å². The number of ether oxygens (including phenoxy) is 1. The fourth-order valence-electron chi connectivity index (χ4n) is 1.89. The molecule has 2 aromatic carbocycles.